The number of hydrogen-bond acceptors (Lipinski definition) is 4. The first-order valence-corrected chi connectivity index (χ1v) is 11.4. The molecule has 0 heterocycles. The predicted octanol–water partition coefficient (Wildman–Crippen LogP) is 3.07. The minimum absolute atomic E-state index is 0.0521. The van der Waals surface area contributed by atoms with Gasteiger partial charge in [0.2, 0.25) is 0 Å². The van der Waals surface area contributed by atoms with Crippen LogP contribution in [0.1, 0.15) is 26.7 Å². The molecule has 1 aromatic carbocycles. The van der Waals surface area contributed by atoms with Crippen molar-refractivity contribution in [3.05, 3.63) is 24.3 Å². The van der Waals surface area contributed by atoms with E-state index in [-0.39, 0.29) is 21.0 Å². The van der Waals surface area contributed by atoms with Crippen LogP contribution in [0.5, 0.6) is 0 Å². The molecule has 0 radical (unpaired) electrons. The van der Waals surface area contributed by atoms with E-state index in [1.807, 2.05) is 13.8 Å². The van der Waals surface area contributed by atoms with Crippen molar-refractivity contribution in [1.29, 1.82) is 0 Å². The molecule has 1 rings (SSSR count). The van der Waals surface area contributed by atoms with Crippen LogP contribution < -0.4 is 0 Å². The van der Waals surface area contributed by atoms with Gasteiger partial charge < -0.3 is 0 Å². The molecule has 0 fully saturated rings. The minimum Gasteiger partial charge on any atom is -0.224 e. The Morgan fingerprint density at radius 3 is 1.71 bits per heavy atom. The number of rotatable bonds is 7. The third-order valence-corrected chi connectivity index (χ3v) is 8.19. The first-order chi connectivity index (χ1) is 9.60. The van der Waals surface area contributed by atoms with Crippen LogP contribution in [-0.2, 0) is 19.7 Å². The summed E-state index contributed by atoms with van der Waals surface area (Å²) in [5.74, 6) is 0.0521. The molecule has 0 atom stereocenters. The number of halogens is 1. The Morgan fingerprint density at radius 1 is 0.952 bits per heavy atom. The zero-order valence-corrected chi connectivity index (χ0v) is 15.7. The van der Waals surface area contributed by atoms with Crippen molar-refractivity contribution in [3.8, 4) is 0 Å². The molecule has 0 aromatic heterocycles. The van der Waals surface area contributed by atoms with Crippen molar-refractivity contribution < 1.29 is 16.8 Å². The van der Waals surface area contributed by atoms with Crippen LogP contribution in [-0.4, -0.2) is 34.2 Å². The van der Waals surface area contributed by atoms with Gasteiger partial charge in [-0.05, 0) is 42.5 Å². The van der Waals surface area contributed by atoms with E-state index < -0.39 is 19.7 Å². The van der Waals surface area contributed by atoms with Crippen molar-refractivity contribution in [2.45, 2.75) is 36.5 Å². The summed E-state index contributed by atoms with van der Waals surface area (Å²) in [6.07, 6.45) is 2.62. The first-order valence-electron chi connectivity index (χ1n) is 6.69. The highest BCUT2D eigenvalue weighted by Crippen LogP contribution is 2.32. The van der Waals surface area contributed by atoms with E-state index in [9.17, 15) is 16.8 Å². The Kier molecular flexibility index (Phi) is 6.03. The van der Waals surface area contributed by atoms with Gasteiger partial charge in [0.05, 0.1) is 15.5 Å². The number of sulfone groups is 2. The first kappa shape index (κ1) is 18.6. The van der Waals surface area contributed by atoms with Gasteiger partial charge in [-0.3, -0.25) is 0 Å². The lowest BCUT2D eigenvalue weighted by Gasteiger charge is -2.29. The van der Waals surface area contributed by atoms with Gasteiger partial charge in [0.25, 0.3) is 0 Å². The van der Waals surface area contributed by atoms with Gasteiger partial charge in [0.1, 0.15) is 0 Å². The molecule has 0 aliphatic carbocycles. The largest absolute Gasteiger partial charge is 0.224 e. The van der Waals surface area contributed by atoms with E-state index in [4.69, 9.17) is 0 Å². The van der Waals surface area contributed by atoms with Crippen molar-refractivity contribution in [3.63, 3.8) is 0 Å². The normalized spacial score (nSPS) is 13.3. The fourth-order valence-electron chi connectivity index (χ4n) is 2.06. The van der Waals surface area contributed by atoms with Gasteiger partial charge in [-0.1, -0.05) is 29.8 Å². The zero-order valence-electron chi connectivity index (χ0n) is 12.5. The highest BCUT2D eigenvalue weighted by atomic mass is 79.9. The lowest BCUT2D eigenvalue weighted by atomic mass is 9.87. The van der Waals surface area contributed by atoms with Gasteiger partial charge in [0.15, 0.2) is 19.7 Å². The topological polar surface area (TPSA) is 68.3 Å². The quantitative estimate of drug-likeness (QED) is 0.664. The van der Waals surface area contributed by atoms with Gasteiger partial charge in [-0.25, -0.2) is 16.8 Å². The summed E-state index contributed by atoms with van der Waals surface area (Å²) in [6, 6.07) is 5.43. The van der Waals surface area contributed by atoms with Crippen LogP contribution >= 0.6 is 15.9 Å². The SMILES string of the molecule is CCC(CC)(CBr)CS(=O)(=O)c1ccc(S(C)(=O)=O)cc1. The Balaban J connectivity index is 3.14. The second-order valence-electron chi connectivity index (χ2n) is 5.34. The average molecular weight is 397 g/mol. The molecule has 4 nitrogen and oxygen atoms in total. The highest BCUT2D eigenvalue weighted by Gasteiger charge is 2.32. The summed E-state index contributed by atoms with van der Waals surface area (Å²) in [6.45, 7) is 3.96. The summed E-state index contributed by atoms with van der Waals surface area (Å²) < 4.78 is 47.8. The second kappa shape index (κ2) is 6.79. The van der Waals surface area contributed by atoms with Crippen molar-refractivity contribution in [2.24, 2.45) is 5.41 Å². The Bertz CT molecular complexity index is 664. The molecule has 0 aliphatic rings. The molecular formula is C14H21BrO4S2. The van der Waals surface area contributed by atoms with Crippen molar-refractivity contribution in [2.75, 3.05) is 17.3 Å². The van der Waals surface area contributed by atoms with Crippen LogP contribution in [0.15, 0.2) is 34.1 Å². The maximum absolute atomic E-state index is 12.5. The van der Waals surface area contributed by atoms with E-state index in [1.165, 1.54) is 24.3 Å². The fourth-order valence-corrected chi connectivity index (χ4v) is 5.98. The van der Waals surface area contributed by atoms with E-state index in [1.54, 1.807) is 0 Å². The molecule has 1 aromatic rings. The van der Waals surface area contributed by atoms with Crippen LogP contribution in [0.2, 0.25) is 0 Å². The smallest absolute Gasteiger partial charge is 0.178 e. The zero-order chi connectivity index (χ0) is 16.3. The molecule has 0 amide bonds. The summed E-state index contributed by atoms with van der Waals surface area (Å²) in [4.78, 5) is 0.293. The van der Waals surface area contributed by atoms with Crippen molar-refractivity contribution in [1.82, 2.24) is 0 Å². The Labute approximate surface area is 135 Å². The number of benzene rings is 1. The van der Waals surface area contributed by atoms with E-state index in [2.05, 4.69) is 15.9 Å². The maximum Gasteiger partial charge on any atom is 0.178 e. The molecule has 0 unspecified atom stereocenters. The van der Waals surface area contributed by atoms with Crippen LogP contribution in [0.25, 0.3) is 0 Å². The molecule has 120 valence electrons. The van der Waals surface area contributed by atoms with E-state index in [0.717, 1.165) is 19.1 Å². The number of hydrogen-bond donors (Lipinski definition) is 0. The summed E-state index contributed by atoms with van der Waals surface area (Å²) in [5, 5.41) is 0.619. The third-order valence-electron chi connectivity index (χ3n) is 3.89. The van der Waals surface area contributed by atoms with Crippen molar-refractivity contribution >= 4 is 35.6 Å². The standard InChI is InChI=1S/C14H21BrO4S2/c1-4-14(5-2,10-15)11-21(18,19)13-8-6-12(7-9-13)20(3,16)17/h6-9H,4-5,10-11H2,1-3H3. The lowest BCUT2D eigenvalue weighted by Crippen LogP contribution is -2.30. The van der Waals surface area contributed by atoms with Gasteiger partial charge in [0, 0.05) is 11.6 Å². The second-order valence-corrected chi connectivity index (χ2v) is 9.91. The number of alkyl halides is 1. The summed E-state index contributed by atoms with van der Waals surface area (Å²) in [5.41, 5.74) is -0.297. The van der Waals surface area contributed by atoms with Crippen LogP contribution in [0, 0.1) is 5.41 Å². The predicted molar refractivity (Wildman–Crippen MR) is 88.4 cm³/mol. The molecule has 0 bridgehead atoms. The summed E-state index contributed by atoms with van der Waals surface area (Å²) >= 11 is 3.41. The molecule has 0 aliphatic heterocycles. The third kappa shape index (κ3) is 4.53. The van der Waals surface area contributed by atoms with Crippen LogP contribution in [0.4, 0.5) is 0 Å². The van der Waals surface area contributed by atoms with Crippen LogP contribution in [0.3, 0.4) is 0 Å². The molecule has 7 heteroatoms. The van der Waals surface area contributed by atoms with E-state index in [0.29, 0.717) is 5.33 Å². The Morgan fingerprint density at radius 2 is 1.38 bits per heavy atom. The molecular weight excluding hydrogens is 376 g/mol. The molecule has 0 saturated heterocycles. The van der Waals surface area contributed by atoms with E-state index >= 15 is 0 Å². The molecule has 0 spiro atoms. The molecule has 0 saturated carbocycles. The minimum atomic E-state index is -3.44. The van der Waals surface area contributed by atoms with Gasteiger partial charge in [-0.15, -0.1) is 0 Å². The van der Waals surface area contributed by atoms with Gasteiger partial charge in [-0.2, -0.15) is 0 Å². The lowest BCUT2D eigenvalue weighted by molar-refractivity contribution is 0.351. The molecule has 21 heavy (non-hydrogen) atoms. The monoisotopic (exact) mass is 396 g/mol. The fraction of sp³-hybridized carbons (Fsp3) is 0.571. The Hall–Kier alpha value is -0.400. The highest BCUT2D eigenvalue weighted by molar-refractivity contribution is 9.09. The summed E-state index contributed by atoms with van der Waals surface area (Å²) in [7, 11) is -6.76. The average Bonchev–Trinajstić information content (AvgIpc) is 2.44. The van der Waals surface area contributed by atoms with Gasteiger partial charge >= 0.3 is 0 Å². The molecule has 0 N–H and O–H groups in total. The maximum atomic E-state index is 12.5.